The lowest BCUT2D eigenvalue weighted by Gasteiger charge is -2.44. The van der Waals surface area contributed by atoms with E-state index in [1.807, 2.05) is 42.0 Å². The average molecular weight is 281 g/mol. The van der Waals surface area contributed by atoms with Crippen LogP contribution in [0.3, 0.4) is 0 Å². The van der Waals surface area contributed by atoms with Gasteiger partial charge in [0.2, 0.25) is 0 Å². The molecule has 0 amide bonds. The fourth-order valence-electron chi connectivity index (χ4n) is 3.04. The molecule has 0 radical (unpaired) electrons. The summed E-state index contributed by atoms with van der Waals surface area (Å²) in [6.07, 6.45) is 4.71. The van der Waals surface area contributed by atoms with Gasteiger partial charge in [-0.05, 0) is 37.9 Å². The van der Waals surface area contributed by atoms with E-state index < -0.39 is 7.75 Å². The van der Waals surface area contributed by atoms with E-state index >= 15 is 0 Å². The molecule has 0 unspecified atom stereocenters. The van der Waals surface area contributed by atoms with Crippen molar-refractivity contribution in [1.29, 1.82) is 0 Å². The number of hydrogen-bond donors (Lipinski definition) is 0. The number of para-hydroxylation sites is 1. The Morgan fingerprint density at radius 3 is 2.79 bits per heavy atom. The molecule has 2 aliphatic rings. The molecule has 1 aliphatic heterocycles. The van der Waals surface area contributed by atoms with E-state index in [2.05, 4.69) is 0 Å². The van der Waals surface area contributed by atoms with Crippen molar-refractivity contribution < 1.29 is 13.6 Å². The van der Waals surface area contributed by atoms with Crippen LogP contribution in [0, 0.1) is 5.92 Å². The molecule has 0 aromatic heterocycles. The Hall–Kier alpha value is -0.830. The number of hydrogen-bond acceptors (Lipinski definition) is 3. The van der Waals surface area contributed by atoms with Gasteiger partial charge in [-0.1, -0.05) is 31.0 Å². The van der Waals surface area contributed by atoms with Crippen molar-refractivity contribution >= 4 is 7.75 Å². The lowest BCUT2D eigenvalue weighted by Crippen LogP contribution is -2.45. The van der Waals surface area contributed by atoms with Crippen LogP contribution in [-0.4, -0.2) is 24.4 Å². The third-order valence-corrected chi connectivity index (χ3v) is 6.14. The SMILES string of the molecule is CN1[C@@H]2CCCC[C@@H]2CO[P@]1(=O)Oc1ccccc1. The standard InChI is InChI=1S/C14H20NO3P/c1-15-14-10-6-5-7-12(14)11-17-19(15,16)18-13-8-3-2-4-9-13/h2-4,8-9,12,14H,5-7,10-11H2,1H3/t12-,14-,19+/m1/s1. The van der Waals surface area contributed by atoms with E-state index in [-0.39, 0.29) is 0 Å². The number of rotatable bonds is 2. The zero-order valence-electron chi connectivity index (χ0n) is 11.2. The largest absolute Gasteiger partial charge is 0.461 e. The van der Waals surface area contributed by atoms with Gasteiger partial charge in [0.15, 0.2) is 0 Å². The molecule has 1 saturated carbocycles. The zero-order chi connectivity index (χ0) is 13.3. The molecule has 1 saturated heterocycles. The normalized spacial score (nSPS) is 35.6. The van der Waals surface area contributed by atoms with Crippen molar-refractivity contribution in [2.75, 3.05) is 13.7 Å². The summed E-state index contributed by atoms with van der Waals surface area (Å²) in [6.45, 7) is 0.555. The van der Waals surface area contributed by atoms with Gasteiger partial charge in [0, 0.05) is 6.04 Å². The van der Waals surface area contributed by atoms with E-state index in [0.717, 1.165) is 6.42 Å². The molecular formula is C14H20NO3P. The van der Waals surface area contributed by atoms with Crippen molar-refractivity contribution in [1.82, 2.24) is 4.67 Å². The van der Waals surface area contributed by atoms with Crippen LogP contribution in [0.25, 0.3) is 0 Å². The second-order valence-electron chi connectivity index (χ2n) is 5.35. The van der Waals surface area contributed by atoms with E-state index in [9.17, 15) is 4.57 Å². The Morgan fingerprint density at radius 2 is 2.00 bits per heavy atom. The smallest absolute Gasteiger partial charge is 0.413 e. The van der Waals surface area contributed by atoms with Gasteiger partial charge in [0.25, 0.3) is 0 Å². The van der Waals surface area contributed by atoms with Crippen molar-refractivity contribution in [3.63, 3.8) is 0 Å². The van der Waals surface area contributed by atoms with Crippen LogP contribution < -0.4 is 4.52 Å². The minimum Gasteiger partial charge on any atom is -0.413 e. The maximum Gasteiger partial charge on any atom is 0.461 e. The quantitative estimate of drug-likeness (QED) is 0.775. The van der Waals surface area contributed by atoms with E-state index in [1.165, 1.54) is 19.3 Å². The zero-order valence-corrected chi connectivity index (χ0v) is 12.1. The number of fused-ring (bicyclic) bond motifs is 1. The first-order chi connectivity index (χ1) is 9.19. The third kappa shape index (κ3) is 2.58. The fraction of sp³-hybridized carbons (Fsp3) is 0.571. The lowest BCUT2D eigenvalue weighted by atomic mass is 9.85. The summed E-state index contributed by atoms with van der Waals surface area (Å²) in [6, 6.07) is 9.60. The van der Waals surface area contributed by atoms with Gasteiger partial charge in [0.1, 0.15) is 5.75 Å². The highest BCUT2D eigenvalue weighted by Gasteiger charge is 2.46. The predicted molar refractivity (Wildman–Crippen MR) is 74.1 cm³/mol. The average Bonchev–Trinajstić information content (AvgIpc) is 2.45. The monoisotopic (exact) mass is 281 g/mol. The van der Waals surface area contributed by atoms with Crippen LogP contribution in [0.1, 0.15) is 25.7 Å². The van der Waals surface area contributed by atoms with Crippen LogP contribution in [0.15, 0.2) is 30.3 Å². The topological polar surface area (TPSA) is 38.8 Å². The molecule has 5 heteroatoms. The molecule has 1 aromatic rings. The highest BCUT2D eigenvalue weighted by atomic mass is 31.2. The molecule has 0 N–H and O–H groups in total. The van der Waals surface area contributed by atoms with Crippen LogP contribution in [0.4, 0.5) is 0 Å². The van der Waals surface area contributed by atoms with Gasteiger partial charge in [0.05, 0.1) is 6.61 Å². The Bertz CT molecular complexity index is 479. The Morgan fingerprint density at radius 1 is 1.26 bits per heavy atom. The summed E-state index contributed by atoms with van der Waals surface area (Å²) in [7, 11) is -1.32. The first kappa shape index (κ1) is 13.2. The first-order valence-electron chi connectivity index (χ1n) is 6.91. The molecule has 1 aliphatic carbocycles. The first-order valence-corrected chi connectivity index (χ1v) is 8.41. The molecular weight excluding hydrogens is 261 g/mol. The number of nitrogens with zero attached hydrogens (tertiary/aromatic N) is 1. The Labute approximate surface area is 114 Å². The fourth-order valence-corrected chi connectivity index (χ4v) is 4.84. The predicted octanol–water partition coefficient (Wildman–Crippen LogP) is 3.69. The Kier molecular flexibility index (Phi) is 3.66. The maximum absolute atomic E-state index is 12.9. The summed E-state index contributed by atoms with van der Waals surface area (Å²) in [4.78, 5) is 0. The summed E-state index contributed by atoms with van der Waals surface area (Å²) < 4.78 is 26.0. The van der Waals surface area contributed by atoms with Gasteiger partial charge in [-0.2, -0.15) is 4.67 Å². The van der Waals surface area contributed by atoms with Gasteiger partial charge >= 0.3 is 7.75 Å². The molecule has 3 atom stereocenters. The molecule has 2 fully saturated rings. The van der Waals surface area contributed by atoms with Crippen LogP contribution in [-0.2, 0) is 9.09 Å². The summed E-state index contributed by atoms with van der Waals surface area (Å²) in [5.74, 6) is 1.10. The summed E-state index contributed by atoms with van der Waals surface area (Å²) in [5, 5.41) is 0. The van der Waals surface area contributed by atoms with E-state index in [4.69, 9.17) is 9.05 Å². The second-order valence-corrected chi connectivity index (χ2v) is 7.36. The maximum atomic E-state index is 12.9. The Balaban J connectivity index is 1.78. The van der Waals surface area contributed by atoms with Crippen LogP contribution in [0.5, 0.6) is 5.75 Å². The van der Waals surface area contributed by atoms with Gasteiger partial charge in [-0.15, -0.1) is 0 Å². The summed E-state index contributed by atoms with van der Waals surface area (Å²) in [5.41, 5.74) is 0. The molecule has 104 valence electrons. The second kappa shape index (κ2) is 5.28. The minimum absolute atomic E-state index is 0.331. The highest BCUT2D eigenvalue weighted by Crippen LogP contribution is 2.57. The van der Waals surface area contributed by atoms with E-state index in [1.54, 1.807) is 0 Å². The lowest BCUT2D eigenvalue weighted by molar-refractivity contribution is 0.0588. The number of benzene rings is 1. The van der Waals surface area contributed by atoms with Crippen molar-refractivity contribution in [2.24, 2.45) is 5.92 Å². The molecule has 1 heterocycles. The highest BCUT2D eigenvalue weighted by molar-refractivity contribution is 7.51. The minimum atomic E-state index is -3.18. The van der Waals surface area contributed by atoms with E-state index in [0.29, 0.717) is 24.3 Å². The van der Waals surface area contributed by atoms with Crippen molar-refractivity contribution in [3.8, 4) is 5.75 Å². The molecule has 1 aromatic carbocycles. The van der Waals surface area contributed by atoms with Crippen LogP contribution >= 0.6 is 7.75 Å². The summed E-state index contributed by atoms with van der Waals surface area (Å²) >= 11 is 0. The van der Waals surface area contributed by atoms with Crippen molar-refractivity contribution in [3.05, 3.63) is 30.3 Å². The molecule has 19 heavy (non-hydrogen) atoms. The molecule has 4 nitrogen and oxygen atoms in total. The van der Waals surface area contributed by atoms with Gasteiger partial charge in [-0.3, -0.25) is 4.52 Å². The molecule has 3 rings (SSSR count). The molecule has 0 bridgehead atoms. The molecule has 0 spiro atoms. The van der Waals surface area contributed by atoms with Crippen LogP contribution in [0.2, 0.25) is 0 Å². The van der Waals surface area contributed by atoms with Crippen molar-refractivity contribution in [2.45, 2.75) is 31.7 Å². The third-order valence-electron chi connectivity index (χ3n) is 4.15. The van der Waals surface area contributed by atoms with Gasteiger partial charge in [-0.25, -0.2) is 4.57 Å². The van der Waals surface area contributed by atoms with Gasteiger partial charge < -0.3 is 4.52 Å².